The minimum absolute atomic E-state index is 0.246. The Bertz CT molecular complexity index is 586. The average Bonchev–Trinajstić information content (AvgIpc) is 2.43. The standard InChI is InChI=1S/C16H17Cl2NS/c1-11-4-3-5-13(8-11)20-10-16(19-2)12-6-7-14(17)15(18)9-12/h3-9,16,19H,10H2,1-2H3. The summed E-state index contributed by atoms with van der Waals surface area (Å²) >= 11 is 13.9. The molecule has 0 saturated heterocycles. The summed E-state index contributed by atoms with van der Waals surface area (Å²) in [6.45, 7) is 2.11. The Balaban J connectivity index is 2.07. The summed E-state index contributed by atoms with van der Waals surface area (Å²) in [6.07, 6.45) is 0. The van der Waals surface area contributed by atoms with Gasteiger partial charge < -0.3 is 5.32 Å². The van der Waals surface area contributed by atoms with Crippen molar-refractivity contribution in [1.82, 2.24) is 5.32 Å². The van der Waals surface area contributed by atoms with E-state index in [0.29, 0.717) is 10.0 Å². The first-order valence-electron chi connectivity index (χ1n) is 6.42. The maximum atomic E-state index is 6.09. The van der Waals surface area contributed by atoms with Crippen molar-refractivity contribution in [3.8, 4) is 0 Å². The molecule has 0 aliphatic carbocycles. The second-order valence-corrected chi connectivity index (χ2v) is 6.55. The molecule has 0 heterocycles. The minimum Gasteiger partial charge on any atom is -0.312 e. The number of nitrogens with one attached hydrogen (secondary N) is 1. The van der Waals surface area contributed by atoms with Gasteiger partial charge in [0.25, 0.3) is 0 Å². The molecule has 0 aromatic heterocycles. The first kappa shape index (κ1) is 15.7. The van der Waals surface area contributed by atoms with Crippen LogP contribution in [0.5, 0.6) is 0 Å². The maximum Gasteiger partial charge on any atom is 0.0595 e. The Labute approximate surface area is 134 Å². The number of aryl methyl sites for hydroxylation is 1. The van der Waals surface area contributed by atoms with Gasteiger partial charge in [-0.1, -0.05) is 47.0 Å². The van der Waals surface area contributed by atoms with E-state index in [1.807, 2.05) is 37.0 Å². The van der Waals surface area contributed by atoms with Crippen LogP contribution >= 0.6 is 35.0 Å². The van der Waals surface area contributed by atoms with Crippen LogP contribution in [0.3, 0.4) is 0 Å². The zero-order valence-electron chi connectivity index (χ0n) is 11.5. The smallest absolute Gasteiger partial charge is 0.0595 e. The van der Waals surface area contributed by atoms with E-state index >= 15 is 0 Å². The summed E-state index contributed by atoms with van der Waals surface area (Å²) in [5.74, 6) is 0.942. The number of thioether (sulfide) groups is 1. The van der Waals surface area contributed by atoms with E-state index < -0.39 is 0 Å². The van der Waals surface area contributed by atoms with E-state index in [9.17, 15) is 0 Å². The molecule has 1 nitrogen and oxygen atoms in total. The van der Waals surface area contributed by atoms with E-state index in [1.165, 1.54) is 10.5 Å². The minimum atomic E-state index is 0.246. The second-order valence-electron chi connectivity index (χ2n) is 4.64. The molecule has 0 spiro atoms. The third-order valence-corrected chi connectivity index (χ3v) is 4.93. The van der Waals surface area contributed by atoms with Crippen LogP contribution in [0, 0.1) is 6.92 Å². The van der Waals surface area contributed by atoms with Crippen LogP contribution < -0.4 is 5.32 Å². The summed E-state index contributed by atoms with van der Waals surface area (Å²) in [7, 11) is 1.96. The highest BCUT2D eigenvalue weighted by Crippen LogP contribution is 2.29. The first-order valence-corrected chi connectivity index (χ1v) is 8.16. The number of hydrogen-bond donors (Lipinski definition) is 1. The zero-order valence-corrected chi connectivity index (χ0v) is 13.8. The molecule has 0 fully saturated rings. The highest BCUT2D eigenvalue weighted by Gasteiger charge is 2.11. The molecule has 2 aromatic carbocycles. The van der Waals surface area contributed by atoms with E-state index in [2.05, 4.69) is 36.5 Å². The van der Waals surface area contributed by atoms with Gasteiger partial charge in [-0.05, 0) is 43.8 Å². The van der Waals surface area contributed by atoms with Crippen molar-refractivity contribution in [2.75, 3.05) is 12.8 Å². The van der Waals surface area contributed by atoms with Gasteiger partial charge in [-0.15, -0.1) is 11.8 Å². The van der Waals surface area contributed by atoms with Gasteiger partial charge in [0, 0.05) is 16.7 Å². The van der Waals surface area contributed by atoms with Crippen molar-refractivity contribution < 1.29 is 0 Å². The molecule has 0 saturated carbocycles. The molecule has 1 N–H and O–H groups in total. The van der Waals surface area contributed by atoms with E-state index in [0.717, 1.165) is 11.3 Å². The third kappa shape index (κ3) is 4.16. The molecule has 0 amide bonds. The Morgan fingerprint density at radius 1 is 1.10 bits per heavy atom. The van der Waals surface area contributed by atoms with Crippen molar-refractivity contribution in [3.63, 3.8) is 0 Å². The fraction of sp³-hybridized carbons (Fsp3) is 0.250. The number of benzene rings is 2. The van der Waals surface area contributed by atoms with Crippen LogP contribution in [-0.2, 0) is 0 Å². The van der Waals surface area contributed by atoms with E-state index in [1.54, 1.807) is 0 Å². The van der Waals surface area contributed by atoms with E-state index in [-0.39, 0.29) is 6.04 Å². The second kappa shape index (κ2) is 7.37. The van der Waals surface area contributed by atoms with Gasteiger partial charge in [0.2, 0.25) is 0 Å². The van der Waals surface area contributed by atoms with Gasteiger partial charge in [-0.3, -0.25) is 0 Å². The third-order valence-electron chi connectivity index (χ3n) is 3.10. The lowest BCUT2D eigenvalue weighted by atomic mass is 10.1. The van der Waals surface area contributed by atoms with Crippen molar-refractivity contribution in [3.05, 3.63) is 63.6 Å². The monoisotopic (exact) mass is 325 g/mol. The topological polar surface area (TPSA) is 12.0 Å². The molecule has 1 unspecified atom stereocenters. The van der Waals surface area contributed by atoms with Gasteiger partial charge in [-0.25, -0.2) is 0 Å². The molecular formula is C16H17Cl2NS. The Morgan fingerprint density at radius 3 is 2.55 bits per heavy atom. The van der Waals surface area contributed by atoms with Crippen LogP contribution in [0.15, 0.2) is 47.4 Å². The van der Waals surface area contributed by atoms with Gasteiger partial charge in [0.05, 0.1) is 10.0 Å². The van der Waals surface area contributed by atoms with Crippen LogP contribution in [-0.4, -0.2) is 12.8 Å². The van der Waals surface area contributed by atoms with Gasteiger partial charge in [0.15, 0.2) is 0 Å². The largest absolute Gasteiger partial charge is 0.312 e. The molecule has 0 radical (unpaired) electrons. The normalized spacial score (nSPS) is 12.4. The Hall–Kier alpha value is -0.670. The fourth-order valence-electron chi connectivity index (χ4n) is 1.96. The van der Waals surface area contributed by atoms with Crippen molar-refractivity contribution in [1.29, 1.82) is 0 Å². The number of rotatable bonds is 5. The lowest BCUT2D eigenvalue weighted by molar-refractivity contribution is 0.662. The van der Waals surface area contributed by atoms with Crippen LogP contribution in [0.1, 0.15) is 17.2 Å². The SMILES string of the molecule is CNC(CSc1cccc(C)c1)c1ccc(Cl)c(Cl)c1. The molecule has 0 aliphatic heterocycles. The van der Waals surface area contributed by atoms with Crippen molar-refractivity contribution in [2.45, 2.75) is 17.9 Å². The predicted molar refractivity (Wildman–Crippen MR) is 90.2 cm³/mol. The number of hydrogen-bond acceptors (Lipinski definition) is 2. The molecular weight excluding hydrogens is 309 g/mol. The first-order chi connectivity index (χ1) is 9.60. The number of halogens is 2. The molecule has 20 heavy (non-hydrogen) atoms. The summed E-state index contributed by atoms with van der Waals surface area (Å²) in [5, 5.41) is 4.52. The Morgan fingerprint density at radius 2 is 1.90 bits per heavy atom. The zero-order chi connectivity index (χ0) is 14.5. The lowest BCUT2D eigenvalue weighted by Gasteiger charge is -2.17. The summed E-state index contributed by atoms with van der Waals surface area (Å²) in [5.41, 5.74) is 2.44. The lowest BCUT2D eigenvalue weighted by Crippen LogP contribution is -2.18. The molecule has 1 atom stereocenters. The van der Waals surface area contributed by atoms with Crippen LogP contribution in [0.25, 0.3) is 0 Å². The van der Waals surface area contributed by atoms with Gasteiger partial charge in [0.1, 0.15) is 0 Å². The van der Waals surface area contributed by atoms with Gasteiger partial charge in [-0.2, -0.15) is 0 Å². The molecule has 2 rings (SSSR count). The van der Waals surface area contributed by atoms with E-state index in [4.69, 9.17) is 23.2 Å². The maximum absolute atomic E-state index is 6.09. The highest BCUT2D eigenvalue weighted by atomic mass is 35.5. The molecule has 0 bridgehead atoms. The predicted octanol–water partition coefficient (Wildman–Crippen LogP) is 5.35. The van der Waals surface area contributed by atoms with Crippen molar-refractivity contribution >= 4 is 35.0 Å². The average molecular weight is 326 g/mol. The summed E-state index contributed by atoms with van der Waals surface area (Å²) in [6, 6.07) is 14.6. The highest BCUT2D eigenvalue weighted by molar-refractivity contribution is 7.99. The summed E-state index contributed by atoms with van der Waals surface area (Å²) < 4.78 is 0. The van der Waals surface area contributed by atoms with Crippen LogP contribution in [0.4, 0.5) is 0 Å². The van der Waals surface area contributed by atoms with Crippen LogP contribution in [0.2, 0.25) is 10.0 Å². The molecule has 106 valence electrons. The summed E-state index contributed by atoms with van der Waals surface area (Å²) in [4.78, 5) is 1.28. The molecule has 0 aliphatic rings. The molecule has 4 heteroatoms. The fourth-order valence-corrected chi connectivity index (χ4v) is 3.43. The molecule has 2 aromatic rings. The Kier molecular flexibility index (Phi) is 5.79. The van der Waals surface area contributed by atoms with Gasteiger partial charge >= 0.3 is 0 Å². The van der Waals surface area contributed by atoms with Crippen molar-refractivity contribution in [2.24, 2.45) is 0 Å². The quantitative estimate of drug-likeness (QED) is 0.743.